The van der Waals surface area contributed by atoms with Crippen LogP contribution >= 0.6 is 0 Å². The molecule has 1 saturated carbocycles. The van der Waals surface area contributed by atoms with Gasteiger partial charge in [-0.15, -0.1) is 0 Å². The van der Waals surface area contributed by atoms with Crippen molar-refractivity contribution >= 4 is 22.7 Å². The highest BCUT2D eigenvalue weighted by Crippen LogP contribution is 2.25. The van der Waals surface area contributed by atoms with Crippen molar-refractivity contribution in [2.24, 2.45) is 5.92 Å². The van der Waals surface area contributed by atoms with Crippen molar-refractivity contribution in [1.29, 1.82) is 0 Å². The minimum Gasteiger partial charge on any atom is -0.346 e. The monoisotopic (exact) mass is 389 g/mol. The molecule has 3 N–H and O–H groups in total. The first-order valence-electron chi connectivity index (χ1n) is 9.99. The summed E-state index contributed by atoms with van der Waals surface area (Å²) in [4.78, 5) is 28.2. The summed E-state index contributed by atoms with van der Waals surface area (Å²) < 4.78 is 2.01. The topological polar surface area (TPSA) is 100 Å². The highest BCUT2D eigenvalue weighted by atomic mass is 16.1. The number of hydrogen-bond acceptors (Lipinski definition) is 5. The fourth-order valence-electron chi connectivity index (χ4n) is 3.62. The highest BCUT2D eigenvalue weighted by molar-refractivity contribution is 5.96. The van der Waals surface area contributed by atoms with Gasteiger partial charge in [-0.2, -0.15) is 0 Å². The lowest BCUT2D eigenvalue weighted by Gasteiger charge is -2.25. The molecule has 1 amide bonds. The molecule has 4 heterocycles. The number of carbonyl (C=O) groups is 1. The second-order valence-corrected chi connectivity index (χ2v) is 7.64. The van der Waals surface area contributed by atoms with Crippen LogP contribution in [-0.4, -0.2) is 36.8 Å². The Kier molecular flexibility index (Phi) is 4.69. The van der Waals surface area contributed by atoms with E-state index in [-0.39, 0.29) is 5.91 Å². The van der Waals surface area contributed by atoms with E-state index in [4.69, 9.17) is 0 Å². The van der Waals surface area contributed by atoms with E-state index in [0.29, 0.717) is 17.8 Å². The second-order valence-electron chi connectivity index (χ2n) is 7.64. The van der Waals surface area contributed by atoms with Gasteiger partial charge in [0.05, 0.1) is 29.6 Å². The number of H-pyrrole nitrogens is 1. The SMILES string of the molecule is O=C(NCc1cn2cc(CNCC3CCC3)ccc2n1)c1cnc2nc[nH]c2c1. The van der Waals surface area contributed by atoms with Gasteiger partial charge in [0.25, 0.3) is 5.91 Å². The summed E-state index contributed by atoms with van der Waals surface area (Å²) in [5.41, 5.74) is 4.74. The summed E-state index contributed by atoms with van der Waals surface area (Å²) in [5, 5.41) is 6.45. The lowest BCUT2D eigenvalue weighted by molar-refractivity contribution is 0.0950. The number of aromatic amines is 1. The Morgan fingerprint density at radius 1 is 1.21 bits per heavy atom. The van der Waals surface area contributed by atoms with Crippen molar-refractivity contribution < 1.29 is 4.79 Å². The Morgan fingerprint density at radius 3 is 3.00 bits per heavy atom. The molecule has 1 aliphatic carbocycles. The van der Waals surface area contributed by atoms with Crippen LogP contribution in [0.4, 0.5) is 0 Å². The summed E-state index contributed by atoms with van der Waals surface area (Å²) >= 11 is 0. The van der Waals surface area contributed by atoms with Gasteiger partial charge in [0.1, 0.15) is 5.65 Å². The van der Waals surface area contributed by atoms with Crippen molar-refractivity contribution in [3.63, 3.8) is 0 Å². The fraction of sp³-hybridized carbons (Fsp3) is 0.333. The van der Waals surface area contributed by atoms with Crippen LogP contribution in [0.5, 0.6) is 0 Å². The van der Waals surface area contributed by atoms with Crippen molar-refractivity contribution in [3.05, 3.63) is 59.9 Å². The van der Waals surface area contributed by atoms with Crippen LogP contribution in [0.25, 0.3) is 16.8 Å². The molecule has 148 valence electrons. The van der Waals surface area contributed by atoms with Gasteiger partial charge in [-0.25, -0.2) is 15.0 Å². The van der Waals surface area contributed by atoms with E-state index in [1.165, 1.54) is 31.0 Å². The largest absolute Gasteiger partial charge is 0.346 e. The number of hydrogen-bond donors (Lipinski definition) is 3. The third kappa shape index (κ3) is 3.84. The molecule has 0 radical (unpaired) electrons. The zero-order valence-electron chi connectivity index (χ0n) is 16.1. The lowest BCUT2D eigenvalue weighted by Crippen LogP contribution is -2.26. The van der Waals surface area contributed by atoms with Gasteiger partial charge in [-0.3, -0.25) is 4.79 Å². The quantitative estimate of drug-likeness (QED) is 0.451. The van der Waals surface area contributed by atoms with Gasteiger partial charge in [0, 0.05) is 25.1 Å². The predicted molar refractivity (Wildman–Crippen MR) is 109 cm³/mol. The van der Waals surface area contributed by atoms with Crippen LogP contribution in [0.2, 0.25) is 0 Å². The number of nitrogens with zero attached hydrogens (tertiary/aromatic N) is 4. The number of rotatable bonds is 7. The number of pyridine rings is 2. The minimum atomic E-state index is -0.188. The molecule has 0 unspecified atom stereocenters. The van der Waals surface area contributed by atoms with Gasteiger partial charge >= 0.3 is 0 Å². The normalized spacial score (nSPS) is 14.3. The van der Waals surface area contributed by atoms with E-state index in [2.05, 4.69) is 42.8 Å². The standard InChI is InChI=1S/C21H23N7O/c29-21(16-6-18-20(23-9-16)26-13-25-18)24-10-17-12-28-11-15(4-5-19(28)27-17)8-22-7-14-2-1-3-14/h4-6,9,11-14,22H,1-3,7-8,10H2,(H,24,29)(H,23,25,26). The summed E-state index contributed by atoms with van der Waals surface area (Å²) in [7, 11) is 0. The van der Waals surface area contributed by atoms with E-state index in [1.807, 2.05) is 16.7 Å². The van der Waals surface area contributed by atoms with E-state index in [0.717, 1.165) is 35.9 Å². The summed E-state index contributed by atoms with van der Waals surface area (Å²) in [6.45, 7) is 2.31. The Hall–Kier alpha value is -3.26. The van der Waals surface area contributed by atoms with Gasteiger partial charge in [0.2, 0.25) is 0 Å². The second kappa shape index (κ2) is 7.63. The van der Waals surface area contributed by atoms with Crippen molar-refractivity contribution in [1.82, 2.24) is 35.0 Å². The van der Waals surface area contributed by atoms with Gasteiger partial charge in [-0.1, -0.05) is 12.5 Å². The Bertz CT molecular complexity index is 1160. The first-order chi connectivity index (χ1) is 14.2. The molecule has 0 spiro atoms. The van der Waals surface area contributed by atoms with Gasteiger partial charge in [-0.05, 0) is 43.0 Å². The average molecular weight is 389 g/mol. The van der Waals surface area contributed by atoms with Crippen molar-refractivity contribution in [2.75, 3.05) is 6.54 Å². The Balaban J connectivity index is 1.21. The molecule has 0 atom stereocenters. The molecule has 0 saturated heterocycles. The van der Waals surface area contributed by atoms with E-state index >= 15 is 0 Å². The van der Waals surface area contributed by atoms with Crippen LogP contribution < -0.4 is 10.6 Å². The molecule has 8 nitrogen and oxygen atoms in total. The lowest BCUT2D eigenvalue weighted by atomic mass is 9.85. The number of carbonyl (C=O) groups excluding carboxylic acids is 1. The molecule has 4 aromatic heterocycles. The Labute approximate surface area is 167 Å². The number of imidazole rings is 2. The first-order valence-corrected chi connectivity index (χ1v) is 9.99. The molecule has 5 rings (SSSR count). The van der Waals surface area contributed by atoms with Crippen LogP contribution in [0, 0.1) is 5.92 Å². The summed E-state index contributed by atoms with van der Waals surface area (Å²) in [5.74, 6) is 0.665. The minimum absolute atomic E-state index is 0.188. The first kappa shape index (κ1) is 17.8. The summed E-state index contributed by atoms with van der Waals surface area (Å²) in [6.07, 6.45) is 11.2. The predicted octanol–water partition coefficient (Wildman–Crippen LogP) is 2.43. The molecular formula is C21H23N7O. The maximum Gasteiger partial charge on any atom is 0.253 e. The number of fused-ring (bicyclic) bond motifs is 2. The fourth-order valence-corrected chi connectivity index (χ4v) is 3.62. The molecule has 0 aromatic carbocycles. The third-order valence-electron chi connectivity index (χ3n) is 5.51. The maximum absolute atomic E-state index is 12.4. The molecule has 1 fully saturated rings. The van der Waals surface area contributed by atoms with Crippen LogP contribution in [0.3, 0.4) is 0 Å². The molecular weight excluding hydrogens is 366 g/mol. The third-order valence-corrected chi connectivity index (χ3v) is 5.51. The molecule has 0 aliphatic heterocycles. The molecule has 1 aliphatic rings. The van der Waals surface area contributed by atoms with Crippen LogP contribution in [-0.2, 0) is 13.1 Å². The van der Waals surface area contributed by atoms with Crippen molar-refractivity contribution in [3.8, 4) is 0 Å². The van der Waals surface area contributed by atoms with Gasteiger partial charge in [0.15, 0.2) is 5.65 Å². The summed E-state index contributed by atoms with van der Waals surface area (Å²) in [6, 6.07) is 5.86. The molecule has 0 bridgehead atoms. The number of nitrogens with one attached hydrogen (secondary N) is 3. The number of amides is 1. The van der Waals surface area contributed by atoms with E-state index in [9.17, 15) is 4.79 Å². The van der Waals surface area contributed by atoms with E-state index < -0.39 is 0 Å². The molecule has 4 aromatic rings. The number of aromatic nitrogens is 5. The maximum atomic E-state index is 12.4. The van der Waals surface area contributed by atoms with E-state index in [1.54, 1.807) is 12.4 Å². The van der Waals surface area contributed by atoms with Crippen LogP contribution in [0.1, 0.15) is 40.9 Å². The van der Waals surface area contributed by atoms with Crippen molar-refractivity contribution in [2.45, 2.75) is 32.4 Å². The Morgan fingerprint density at radius 2 is 2.14 bits per heavy atom. The van der Waals surface area contributed by atoms with Crippen LogP contribution in [0.15, 0.2) is 43.1 Å². The highest BCUT2D eigenvalue weighted by Gasteiger charge is 2.16. The zero-order chi connectivity index (χ0) is 19.6. The molecule has 29 heavy (non-hydrogen) atoms. The molecule has 8 heteroatoms. The average Bonchev–Trinajstić information content (AvgIpc) is 3.33. The van der Waals surface area contributed by atoms with Gasteiger partial charge < -0.3 is 20.0 Å². The zero-order valence-corrected chi connectivity index (χ0v) is 16.1. The smallest absolute Gasteiger partial charge is 0.253 e.